The Labute approximate surface area is 74.2 Å². The van der Waals surface area contributed by atoms with Gasteiger partial charge in [-0.3, -0.25) is 0 Å². The van der Waals surface area contributed by atoms with Crippen LogP contribution >= 0.6 is 0 Å². The highest BCUT2D eigenvalue weighted by atomic mass is 16.7. The minimum absolute atomic E-state index is 0.0264. The van der Waals surface area contributed by atoms with E-state index in [1.165, 1.54) is 0 Å². The maximum atomic E-state index is 5.99. The van der Waals surface area contributed by atoms with Gasteiger partial charge in [-0.15, -0.1) is 0 Å². The number of ether oxygens (including phenoxy) is 2. The van der Waals surface area contributed by atoms with Crippen molar-refractivity contribution >= 4 is 0 Å². The van der Waals surface area contributed by atoms with Crippen LogP contribution in [-0.2, 0) is 9.47 Å². The van der Waals surface area contributed by atoms with Crippen molar-refractivity contribution < 1.29 is 9.47 Å². The molecular formula is C10H18O2. The van der Waals surface area contributed by atoms with E-state index in [2.05, 4.69) is 20.8 Å². The Kier molecular flexibility index (Phi) is 1.74. The molecule has 0 aromatic carbocycles. The summed E-state index contributed by atoms with van der Waals surface area (Å²) in [6, 6.07) is 0. The van der Waals surface area contributed by atoms with Gasteiger partial charge in [0.25, 0.3) is 0 Å². The van der Waals surface area contributed by atoms with Crippen LogP contribution < -0.4 is 0 Å². The zero-order valence-electron chi connectivity index (χ0n) is 8.22. The van der Waals surface area contributed by atoms with Crippen molar-refractivity contribution in [3.8, 4) is 0 Å². The van der Waals surface area contributed by atoms with Gasteiger partial charge in [0.05, 0.1) is 12.2 Å². The lowest BCUT2D eigenvalue weighted by molar-refractivity contribution is -0.236. The minimum Gasteiger partial charge on any atom is -0.350 e. The van der Waals surface area contributed by atoms with Crippen LogP contribution in [0.1, 0.15) is 40.0 Å². The second-order valence-electron chi connectivity index (χ2n) is 4.71. The van der Waals surface area contributed by atoms with Crippen LogP contribution in [0.4, 0.5) is 0 Å². The summed E-state index contributed by atoms with van der Waals surface area (Å²) in [7, 11) is 0. The molecule has 2 atom stereocenters. The van der Waals surface area contributed by atoms with E-state index in [-0.39, 0.29) is 11.4 Å². The third-order valence-corrected chi connectivity index (χ3v) is 3.17. The van der Waals surface area contributed by atoms with E-state index < -0.39 is 0 Å². The van der Waals surface area contributed by atoms with Crippen molar-refractivity contribution in [3.63, 3.8) is 0 Å². The number of hydrogen-bond acceptors (Lipinski definition) is 2. The summed E-state index contributed by atoms with van der Waals surface area (Å²) in [6.07, 6.45) is 3.34. The van der Waals surface area contributed by atoms with E-state index in [1.807, 2.05) is 0 Å². The zero-order chi connectivity index (χ0) is 8.82. The topological polar surface area (TPSA) is 18.5 Å². The summed E-state index contributed by atoms with van der Waals surface area (Å²) in [5.41, 5.74) is 0.0264. The molecule has 12 heavy (non-hydrogen) atoms. The van der Waals surface area contributed by atoms with E-state index in [4.69, 9.17) is 9.47 Å². The molecule has 0 aromatic heterocycles. The first kappa shape index (κ1) is 8.52. The van der Waals surface area contributed by atoms with Crippen LogP contribution in [0.3, 0.4) is 0 Å². The lowest BCUT2D eigenvalue weighted by atomic mass is 9.96. The van der Waals surface area contributed by atoms with E-state index in [9.17, 15) is 0 Å². The highest BCUT2D eigenvalue weighted by molar-refractivity contribution is 4.92. The van der Waals surface area contributed by atoms with Crippen LogP contribution in [0.2, 0.25) is 0 Å². The van der Waals surface area contributed by atoms with E-state index >= 15 is 0 Å². The third kappa shape index (κ3) is 1.17. The van der Waals surface area contributed by atoms with Gasteiger partial charge in [-0.05, 0) is 26.7 Å². The molecule has 2 heterocycles. The van der Waals surface area contributed by atoms with Crippen LogP contribution in [-0.4, -0.2) is 18.0 Å². The molecule has 70 valence electrons. The Morgan fingerprint density at radius 2 is 2.00 bits per heavy atom. The second kappa shape index (κ2) is 2.46. The molecule has 0 radical (unpaired) electrons. The maximum Gasteiger partial charge on any atom is 0.171 e. The Bertz CT molecular complexity index is 188. The average molecular weight is 170 g/mol. The van der Waals surface area contributed by atoms with Gasteiger partial charge < -0.3 is 9.47 Å². The van der Waals surface area contributed by atoms with Crippen LogP contribution in [0.25, 0.3) is 0 Å². The maximum absolute atomic E-state index is 5.99. The fourth-order valence-electron chi connectivity index (χ4n) is 2.26. The highest BCUT2D eigenvalue weighted by Crippen LogP contribution is 2.46. The van der Waals surface area contributed by atoms with E-state index in [0.29, 0.717) is 5.92 Å². The van der Waals surface area contributed by atoms with Crippen molar-refractivity contribution in [1.82, 2.24) is 0 Å². The Morgan fingerprint density at radius 3 is 2.42 bits per heavy atom. The normalized spacial score (nSPS) is 45.8. The standard InChI is InChI=1S/C10H18O2/c1-8-4-7-11-10(8)6-5-9(2,3)12-10/h8H,4-7H2,1-3H3/t8-,10-/m0/s1. The molecule has 0 N–H and O–H groups in total. The van der Waals surface area contributed by atoms with Crippen molar-refractivity contribution in [2.75, 3.05) is 6.61 Å². The van der Waals surface area contributed by atoms with Crippen molar-refractivity contribution in [3.05, 3.63) is 0 Å². The summed E-state index contributed by atoms with van der Waals surface area (Å²) in [4.78, 5) is 0. The molecule has 2 fully saturated rings. The van der Waals surface area contributed by atoms with Gasteiger partial charge in [-0.1, -0.05) is 6.92 Å². The summed E-state index contributed by atoms with van der Waals surface area (Å²) in [6.45, 7) is 7.40. The van der Waals surface area contributed by atoms with E-state index in [0.717, 1.165) is 25.9 Å². The molecule has 0 amide bonds. The largest absolute Gasteiger partial charge is 0.350 e. The first-order valence-corrected chi connectivity index (χ1v) is 4.88. The second-order valence-corrected chi connectivity index (χ2v) is 4.71. The van der Waals surface area contributed by atoms with Gasteiger partial charge in [0.2, 0.25) is 0 Å². The SMILES string of the molecule is C[C@H]1CCO[C@]12CCC(C)(C)O2. The monoisotopic (exact) mass is 170 g/mol. The minimum atomic E-state index is -0.219. The van der Waals surface area contributed by atoms with Gasteiger partial charge in [0, 0.05) is 12.3 Å². The first-order chi connectivity index (χ1) is 5.54. The van der Waals surface area contributed by atoms with Crippen LogP contribution in [0.15, 0.2) is 0 Å². The predicted octanol–water partition coefficient (Wildman–Crippen LogP) is 2.33. The molecule has 0 bridgehead atoms. The Hall–Kier alpha value is -0.0800. The summed E-state index contributed by atoms with van der Waals surface area (Å²) in [5.74, 6) is 0.350. The molecule has 0 aromatic rings. The number of hydrogen-bond donors (Lipinski definition) is 0. The molecule has 2 heteroatoms. The first-order valence-electron chi connectivity index (χ1n) is 4.88. The molecule has 2 nitrogen and oxygen atoms in total. The van der Waals surface area contributed by atoms with E-state index in [1.54, 1.807) is 0 Å². The fraction of sp³-hybridized carbons (Fsp3) is 1.00. The fourth-order valence-corrected chi connectivity index (χ4v) is 2.26. The quantitative estimate of drug-likeness (QED) is 0.555. The lowest BCUT2D eigenvalue weighted by Gasteiger charge is -2.30. The smallest absolute Gasteiger partial charge is 0.171 e. The molecule has 0 saturated carbocycles. The lowest BCUT2D eigenvalue weighted by Crippen LogP contribution is -2.36. The molecule has 2 aliphatic heterocycles. The molecule has 0 unspecified atom stereocenters. The zero-order valence-corrected chi connectivity index (χ0v) is 8.22. The summed E-state index contributed by atoms with van der Waals surface area (Å²) >= 11 is 0. The van der Waals surface area contributed by atoms with Crippen LogP contribution in [0, 0.1) is 5.92 Å². The van der Waals surface area contributed by atoms with Gasteiger partial charge >= 0.3 is 0 Å². The van der Waals surface area contributed by atoms with Crippen LogP contribution in [0.5, 0.6) is 0 Å². The average Bonchev–Trinajstić information content (AvgIpc) is 2.43. The van der Waals surface area contributed by atoms with Gasteiger partial charge in [0.15, 0.2) is 5.79 Å². The predicted molar refractivity (Wildman–Crippen MR) is 46.9 cm³/mol. The molecular weight excluding hydrogens is 152 g/mol. The van der Waals surface area contributed by atoms with Crippen molar-refractivity contribution in [2.24, 2.45) is 5.92 Å². The Balaban J connectivity index is 2.14. The molecule has 2 rings (SSSR count). The molecule has 2 aliphatic rings. The molecule has 0 aliphatic carbocycles. The van der Waals surface area contributed by atoms with Crippen molar-refractivity contribution in [1.29, 1.82) is 0 Å². The summed E-state index contributed by atoms with van der Waals surface area (Å²) in [5, 5.41) is 0. The van der Waals surface area contributed by atoms with Gasteiger partial charge in [-0.2, -0.15) is 0 Å². The van der Waals surface area contributed by atoms with Gasteiger partial charge in [-0.25, -0.2) is 0 Å². The van der Waals surface area contributed by atoms with Crippen molar-refractivity contribution in [2.45, 2.75) is 51.4 Å². The van der Waals surface area contributed by atoms with Gasteiger partial charge in [0.1, 0.15) is 0 Å². The molecule has 2 saturated heterocycles. The third-order valence-electron chi connectivity index (χ3n) is 3.17. The molecule has 1 spiro atoms. The summed E-state index contributed by atoms with van der Waals surface area (Å²) < 4.78 is 11.7. The number of rotatable bonds is 0. The Morgan fingerprint density at radius 1 is 1.25 bits per heavy atom. The highest BCUT2D eigenvalue weighted by Gasteiger charge is 2.51.